The first kappa shape index (κ1) is 12.2. The van der Waals surface area contributed by atoms with Gasteiger partial charge >= 0.3 is 0 Å². The van der Waals surface area contributed by atoms with Crippen molar-refractivity contribution in [2.75, 3.05) is 20.7 Å². The maximum atomic E-state index is 11.6. The Kier molecular flexibility index (Phi) is 3.83. The molecule has 1 aromatic rings. The van der Waals surface area contributed by atoms with E-state index in [4.69, 9.17) is 5.11 Å². The minimum atomic E-state index is -3.39. The fraction of sp³-hybridized carbons (Fsp3) is 0.625. The fourth-order valence-corrected chi connectivity index (χ4v) is 1.90. The van der Waals surface area contributed by atoms with E-state index in [1.807, 2.05) is 0 Å². The molecule has 15 heavy (non-hydrogen) atoms. The van der Waals surface area contributed by atoms with Gasteiger partial charge in [0.25, 0.3) is 0 Å². The third kappa shape index (κ3) is 2.77. The highest BCUT2D eigenvalue weighted by molar-refractivity contribution is 7.89. The Labute approximate surface area is 89.2 Å². The predicted octanol–water partition coefficient (Wildman–Crippen LogP) is -0.484. The maximum Gasteiger partial charge on any atom is 0.245 e. The van der Waals surface area contributed by atoms with Crippen LogP contribution < -0.4 is 0 Å². The first-order valence-corrected chi connectivity index (χ1v) is 5.98. The lowest BCUT2D eigenvalue weighted by Gasteiger charge is -2.08. The van der Waals surface area contributed by atoms with Crippen LogP contribution >= 0.6 is 0 Å². The monoisotopic (exact) mass is 233 g/mol. The SMILES string of the molecule is CN(C)S(=O)(=O)c1cnn(CCCO)c1. The van der Waals surface area contributed by atoms with Gasteiger partial charge < -0.3 is 5.11 Å². The standard InChI is InChI=1S/C8H15N3O3S/c1-10(2)15(13,14)8-6-9-11(7-8)4-3-5-12/h6-7,12H,3-5H2,1-2H3. The van der Waals surface area contributed by atoms with Gasteiger partial charge in [0.1, 0.15) is 4.90 Å². The lowest BCUT2D eigenvalue weighted by molar-refractivity contribution is 0.277. The zero-order valence-electron chi connectivity index (χ0n) is 8.79. The van der Waals surface area contributed by atoms with Gasteiger partial charge in [-0.25, -0.2) is 12.7 Å². The second kappa shape index (κ2) is 4.73. The van der Waals surface area contributed by atoms with Crippen molar-refractivity contribution in [2.45, 2.75) is 17.9 Å². The quantitative estimate of drug-likeness (QED) is 0.745. The Bertz CT molecular complexity index is 411. The van der Waals surface area contributed by atoms with E-state index in [-0.39, 0.29) is 11.5 Å². The number of aliphatic hydroxyl groups is 1. The molecule has 7 heteroatoms. The molecule has 86 valence electrons. The Hall–Kier alpha value is -0.920. The number of hydrogen-bond acceptors (Lipinski definition) is 4. The van der Waals surface area contributed by atoms with E-state index in [9.17, 15) is 8.42 Å². The highest BCUT2D eigenvalue weighted by atomic mass is 32.2. The summed E-state index contributed by atoms with van der Waals surface area (Å²) >= 11 is 0. The topological polar surface area (TPSA) is 75.4 Å². The maximum absolute atomic E-state index is 11.6. The molecule has 1 aromatic heterocycles. The van der Waals surface area contributed by atoms with Crippen molar-refractivity contribution >= 4 is 10.0 Å². The molecule has 0 spiro atoms. The van der Waals surface area contributed by atoms with Crippen molar-refractivity contribution in [1.82, 2.24) is 14.1 Å². The minimum absolute atomic E-state index is 0.0651. The number of aromatic nitrogens is 2. The number of aryl methyl sites for hydroxylation is 1. The van der Waals surface area contributed by atoms with Gasteiger partial charge in [0.05, 0.1) is 6.20 Å². The van der Waals surface area contributed by atoms with Crippen molar-refractivity contribution in [3.63, 3.8) is 0 Å². The van der Waals surface area contributed by atoms with E-state index in [0.29, 0.717) is 13.0 Å². The normalized spacial score (nSPS) is 12.3. The van der Waals surface area contributed by atoms with Gasteiger partial charge in [0, 0.05) is 33.4 Å². The van der Waals surface area contributed by atoms with Gasteiger partial charge in [-0.15, -0.1) is 0 Å². The molecule has 0 saturated heterocycles. The van der Waals surface area contributed by atoms with E-state index in [1.54, 1.807) is 0 Å². The number of rotatable bonds is 5. The average Bonchev–Trinajstić information content (AvgIpc) is 2.63. The van der Waals surface area contributed by atoms with E-state index in [0.717, 1.165) is 4.31 Å². The van der Waals surface area contributed by atoms with Crippen LogP contribution in [-0.2, 0) is 16.6 Å². The third-order valence-electron chi connectivity index (χ3n) is 1.93. The molecule has 0 aliphatic heterocycles. The largest absolute Gasteiger partial charge is 0.396 e. The molecule has 0 unspecified atom stereocenters. The van der Waals surface area contributed by atoms with Gasteiger partial charge in [0.15, 0.2) is 0 Å². The van der Waals surface area contributed by atoms with Gasteiger partial charge in [-0.2, -0.15) is 5.10 Å². The second-order valence-electron chi connectivity index (χ2n) is 3.30. The van der Waals surface area contributed by atoms with Crippen LogP contribution in [0.1, 0.15) is 6.42 Å². The third-order valence-corrected chi connectivity index (χ3v) is 3.70. The molecule has 0 fully saturated rings. The summed E-state index contributed by atoms with van der Waals surface area (Å²) in [5.74, 6) is 0. The van der Waals surface area contributed by atoms with Crippen molar-refractivity contribution in [2.24, 2.45) is 0 Å². The van der Waals surface area contributed by atoms with Crippen molar-refractivity contribution < 1.29 is 13.5 Å². The second-order valence-corrected chi connectivity index (χ2v) is 5.46. The molecule has 0 radical (unpaired) electrons. The molecule has 6 nitrogen and oxygen atoms in total. The summed E-state index contributed by atoms with van der Waals surface area (Å²) in [5, 5.41) is 12.5. The van der Waals surface area contributed by atoms with Crippen LogP contribution in [-0.4, -0.2) is 48.3 Å². The molecule has 1 rings (SSSR count). The summed E-state index contributed by atoms with van der Waals surface area (Å²) in [6.45, 7) is 0.578. The van der Waals surface area contributed by atoms with Gasteiger partial charge in [-0.1, -0.05) is 0 Å². The van der Waals surface area contributed by atoms with Crippen LogP contribution in [0.2, 0.25) is 0 Å². The van der Waals surface area contributed by atoms with Gasteiger partial charge in [-0.3, -0.25) is 4.68 Å². The number of nitrogens with zero attached hydrogens (tertiary/aromatic N) is 3. The van der Waals surface area contributed by atoms with Gasteiger partial charge in [-0.05, 0) is 6.42 Å². The van der Waals surface area contributed by atoms with Crippen molar-refractivity contribution in [3.05, 3.63) is 12.4 Å². The van der Waals surface area contributed by atoms with Crippen LogP contribution in [0.5, 0.6) is 0 Å². The van der Waals surface area contributed by atoms with E-state index < -0.39 is 10.0 Å². The van der Waals surface area contributed by atoms with Crippen LogP contribution in [0.15, 0.2) is 17.3 Å². The minimum Gasteiger partial charge on any atom is -0.396 e. The molecule has 1 N–H and O–H groups in total. The summed E-state index contributed by atoms with van der Waals surface area (Å²) < 4.78 is 25.9. The summed E-state index contributed by atoms with van der Waals surface area (Å²) in [7, 11) is -0.448. The molecule has 0 atom stereocenters. The summed E-state index contributed by atoms with van der Waals surface area (Å²) in [4.78, 5) is 0.172. The molecule has 0 aliphatic rings. The summed E-state index contributed by atoms with van der Waals surface area (Å²) in [6, 6.07) is 0. The molecule has 0 aromatic carbocycles. The molecule has 0 saturated carbocycles. The van der Waals surface area contributed by atoms with Crippen LogP contribution in [0, 0.1) is 0 Å². The molecular weight excluding hydrogens is 218 g/mol. The number of hydrogen-bond donors (Lipinski definition) is 1. The zero-order chi connectivity index (χ0) is 11.5. The Morgan fingerprint density at radius 1 is 1.53 bits per heavy atom. The fourth-order valence-electron chi connectivity index (χ4n) is 1.04. The molecule has 0 aliphatic carbocycles. The summed E-state index contributed by atoms with van der Waals surface area (Å²) in [5.41, 5.74) is 0. The Morgan fingerprint density at radius 3 is 2.73 bits per heavy atom. The average molecular weight is 233 g/mol. The number of aliphatic hydroxyl groups excluding tert-OH is 1. The Balaban J connectivity index is 2.85. The predicted molar refractivity (Wildman–Crippen MR) is 54.8 cm³/mol. The van der Waals surface area contributed by atoms with Crippen LogP contribution in [0.3, 0.4) is 0 Å². The first-order valence-electron chi connectivity index (χ1n) is 4.54. The number of sulfonamides is 1. The smallest absolute Gasteiger partial charge is 0.245 e. The van der Waals surface area contributed by atoms with E-state index in [2.05, 4.69) is 5.10 Å². The van der Waals surface area contributed by atoms with E-state index >= 15 is 0 Å². The highest BCUT2D eigenvalue weighted by Gasteiger charge is 2.18. The molecular formula is C8H15N3O3S. The molecule has 0 bridgehead atoms. The summed E-state index contributed by atoms with van der Waals surface area (Å²) in [6.07, 6.45) is 3.33. The van der Waals surface area contributed by atoms with E-state index in [1.165, 1.54) is 31.2 Å². The lowest BCUT2D eigenvalue weighted by atomic mass is 10.5. The van der Waals surface area contributed by atoms with Gasteiger partial charge in [0.2, 0.25) is 10.0 Å². The van der Waals surface area contributed by atoms with Crippen LogP contribution in [0.4, 0.5) is 0 Å². The highest BCUT2D eigenvalue weighted by Crippen LogP contribution is 2.11. The molecule has 1 heterocycles. The van der Waals surface area contributed by atoms with Crippen LogP contribution in [0.25, 0.3) is 0 Å². The van der Waals surface area contributed by atoms with Crippen molar-refractivity contribution in [1.29, 1.82) is 0 Å². The molecule has 0 amide bonds. The van der Waals surface area contributed by atoms with Crippen molar-refractivity contribution in [3.8, 4) is 0 Å². The first-order chi connectivity index (χ1) is 6.98. The lowest BCUT2D eigenvalue weighted by Crippen LogP contribution is -2.21. The zero-order valence-corrected chi connectivity index (χ0v) is 9.61. The Morgan fingerprint density at radius 2 is 2.20 bits per heavy atom.